The standard InChI is InChI=1S/C22H25F3N2O2/c1-3-4-5-19-16(2)26-20(28)29-21(19)11-14-27(15-12-21)13-10-17-6-8-18(9-7-17)22(23,24)25/h3-9H,2,10-15H2,1H3,(H,26,28)/b4-3-,19-5+. The maximum absolute atomic E-state index is 12.7. The maximum atomic E-state index is 12.7. The van der Waals surface area contributed by atoms with E-state index in [2.05, 4.69) is 16.8 Å². The number of carbonyl (C=O) groups is 1. The summed E-state index contributed by atoms with van der Waals surface area (Å²) in [6.45, 7) is 8.07. The Balaban J connectivity index is 1.60. The predicted molar refractivity (Wildman–Crippen MR) is 105 cm³/mol. The molecular weight excluding hydrogens is 381 g/mol. The highest BCUT2D eigenvalue weighted by molar-refractivity contribution is 5.75. The second kappa shape index (κ2) is 8.45. The molecule has 156 valence electrons. The first-order valence-electron chi connectivity index (χ1n) is 9.65. The summed E-state index contributed by atoms with van der Waals surface area (Å²) in [5.74, 6) is 0. The number of piperidine rings is 1. The summed E-state index contributed by atoms with van der Waals surface area (Å²) in [7, 11) is 0. The number of alkyl carbamates (subject to hydrolysis) is 1. The monoisotopic (exact) mass is 406 g/mol. The average Bonchev–Trinajstić information content (AvgIpc) is 2.66. The highest BCUT2D eigenvalue weighted by Crippen LogP contribution is 2.39. The number of allylic oxidation sites excluding steroid dienone is 3. The lowest BCUT2D eigenvalue weighted by Gasteiger charge is -2.45. The molecule has 2 heterocycles. The SMILES string of the molecule is C=C1NC(=O)OC2(CCN(CCc3ccc(C(F)(F)F)cc3)CC2)/C1=C/C=C\C. The zero-order valence-electron chi connectivity index (χ0n) is 16.4. The molecule has 2 fully saturated rings. The number of hydrogen-bond donors (Lipinski definition) is 1. The van der Waals surface area contributed by atoms with E-state index < -0.39 is 23.4 Å². The molecule has 29 heavy (non-hydrogen) atoms. The normalized spacial score (nSPS) is 21.6. The van der Waals surface area contributed by atoms with Crippen LogP contribution in [0.5, 0.6) is 0 Å². The van der Waals surface area contributed by atoms with E-state index in [1.165, 1.54) is 12.1 Å². The van der Waals surface area contributed by atoms with Crippen LogP contribution in [0.2, 0.25) is 0 Å². The third kappa shape index (κ3) is 4.90. The van der Waals surface area contributed by atoms with Gasteiger partial charge in [-0.2, -0.15) is 13.2 Å². The molecule has 0 bridgehead atoms. The fraction of sp³-hybridized carbons (Fsp3) is 0.409. The molecule has 0 saturated carbocycles. The Morgan fingerprint density at radius 2 is 1.90 bits per heavy atom. The van der Waals surface area contributed by atoms with Crippen LogP contribution in [-0.2, 0) is 17.3 Å². The summed E-state index contributed by atoms with van der Waals surface area (Å²) in [6, 6.07) is 5.31. The number of carbonyl (C=O) groups excluding carboxylic acids is 1. The van der Waals surface area contributed by atoms with Crippen LogP contribution in [0.25, 0.3) is 0 Å². The lowest BCUT2D eigenvalue weighted by atomic mass is 9.81. The third-order valence-electron chi connectivity index (χ3n) is 5.47. The maximum Gasteiger partial charge on any atom is 0.416 e. The zero-order chi connectivity index (χ0) is 21.1. The number of benzene rings is 1. The molecule has 1 spiro atoms. The van der Waals surface area contributed by atoms with E-state index in [1.54, 1.807) is 0 Å². The van der Waals surface area contributed by atoms with Gasteiger partial charge in [-0.1, -0.05) is 36.9 Å². The molecule has 1 aromatic rings. The molecule has 0 radical (unpaired) electrons. The summed E-state index contributed by atoms with van der Waals surface area (Å²) in [5.41, 5.74) is 1.02. The summed E-state index contributed by atoms with van der Waals surface area (Å²) in [5, 5.41) is 2.63. The first kappa shape index (κ1) is 21.2. The fourth-order valence-electron chi connectivity index (χ4n) is 3.83. The predicted octanol–water partition coefficient (Wildman–Crippen LogP) is 4.84. The Hall–Kier alpha value is -2.54. The average molecular weight is 406 g/mol. The molecule has 2 aliphatic rings. The van der Waals surface area contributed by atoms with E-state index in [4.69, 9.17) is 4.74 Å². The first-order valence-corrected chi connectivity index (χ1v) is 9.65. The van der Waals surface area contributed by atoms with E-state index >= 15 is 0 Å². The Labute approximate surface area is 168 Å². The zero-order valence-corrected chi connectivity index (χ0v) is 16.4. The topological polar surface area (TPSA) is 41.6 Å². The van der Waals surface area contributed by atoms with E-state index in [9.17, 15) is 18.0 Å². The van der Waals surface area contributed by atoms with Crippen molar-refractivity contribution in [3.63, 3.8) is 0 Å². The molecule has 2 saturated heterocycles. The van der Waals surface area contributed by atoms with Crippen LogP contribution < -0.4 is 5.32 Å². The molecule has 0 aliphatic carbocycles. The van der Waals surface area contributed by atoms with Crippen LogP contribution in [-0.4, -0.2) is 36.2 Å². The molecule has 0 atom stereocenters. The lowest BCUT2D eigenvalue weighted by molar-refractivity contribution is -0.137. The van der Waals surface area contributed by atoms with Crippen LogP contribution in [0.3, 0.4) is 0 Å². The summed E-state index contributed by atoms with van der Waals surface area (Å²) < 4.78 is 43.7. The Bertz CT molecular complexity index is 817. The van der Waals surface area contributed by atoms with E-state index in [0.29, 0.717) is 25.0 Å². The molecule has 0 aromatic heterocycles. The molecule has 7 heteroatoms. The van der Waals surface area contributed by atoms with Crippen molar-refractivity contribution >= 4 is 6.09 Å². The largest absolute Gasteiger partial charge is 0.438 e. The third-order valence-corrected chi connectivity index (χ3v) is 5.47. The molecular formula is C22H25F3N2O2. The number of nitrogens with one attached hydrogen (secondary N) is 1. The number of hydrogen-bond acceptors (Lipinski definition) is 3. The van der Waals surface area contributed by atoms with Crippen LogP contribution >= 0.6 is 0 Å². The summed E-state index contributed by atoms with van der Waals surface area (Å²) in [4.78, 5) is 14.2. The van der Waals surface area contributed by atoms with Gasteiger partial charge in [-0.3, -0.25) is 5.32 Å². The Morgan fingerprint density at radius 1 is 1.24 bits per heavy atom. The highest BCUT2D eigenvalue weighted by atomic mass is 19.4. The molecule has 3 rings (SSSR count). The molecule has 1 amide bonds. The van der Waals surface area contributed by atoms with Crippen molar-refractivity contribution < 1.29 is 22.7 Å². The summed E-state index contributed by atoms with van der Waals surface area (Å²) in [6.07, 6.45) is 2.91. The number of alkyl halides is 3. The van der Waals surface area contributed by atoms with Gasteiger partial charge in [0.1, 0.15) is 5.60 Å². The van der Waals surface area contributed by atoms with E-state index in [0.717, 1.165) is 42.9 Å². The van der Waals surface area contributed by atoms with Crippen LogP contribution in [0, 0.1) is 0 Å². The van der Waals surface area contributed by atoms with E-state index in [1.807, 2.05) is 25.2 Å². The quantitative estimate of drug-likeness (QED) is 0.778. The highest BCUT2D eigenvalue weighted by Gasteiger charge is 2.45. The summed E-state index contributed by atoms with van der Waals surface area (Å²) >= 11 is 0. The number of likely N-dealkylation sites (tertiary alicyclic amines) is 1. The van der Waals surface area contributed by atoms with Crippen molar-refractivity contribution in [1.29, 1.82) is 0 Å². The molecule has 4 nitrogen and oxygen atoms in total. The van der Waals surface area contributed by atoms with Gasteiger partial charge in [0.05, 0.1) is 5.56 Å². The van der Waals surface area contributed by atoms with Crippen LogP contribution in [0.4, 0.5) is 18.0 Å². The number of ether oxygens (including phenoxy) is 1. The van der Waals surface area contributed by atoms with Gasteiger partial charge in [0.25, 0.3) is 0 Å². The second-order valence-electron chi connectivity index (χ2n) is 7.38. The number of amides is 1. The minimum absolute atomic E-state index is 0.481. The van der Waals surface area contributed by atoms with Crippen molar-refractivity contribution in [2.75, 3.05) is 19.6 Å². The van der Waals surface area contributed by atoms with Gasteiger partial charge in [-0.25, -0.2) is 4.79 Å². The molecule has 2 aliphatic heterocycles. The molecule has 0 unspecified atom stereocenters. The van der Waals surface area contributed by atoms with Gasteiger partial charge in [-0.15, -0.1) is 0 Å². The van der Waals surface area contributed by atoms with Crippen LogP contribution in [0.15, 0.2) is 60.3 Å². The van der Waals surface area contributed by atoms with Crippen molar-refractivity contribution in [2.45, 2.75) is 38.0 Å². The first-order chi connectivity index (χ1) is 13.7. The fourth-order valence-corrected chi connectivity index (χ4v) is 3.83. The van der Waals surface area contributed by atoms with Gasteiger partial charge in [0.15, 0.2) is 0 Å². The van der Waals surface area contributed by atoms with Gasteiger partial charge in [0.2, 0.25) is 0 Å². The van der Waals surface area contributed by atoms with Crippen molar-refractivity contribution in [1.82, 2.24) is 10.2 Å². The van der Waals surface area contributed by atoms with Crippen LogP contribution in [0.1, 0.15) is 30.9 Å². The van der Waals surface area contributed by atoms with Crippen molar-refractivity contribution in [3.8, 4) is 0 Å². The van der Waals surface area contributed by atoms with Crippen molar-refractivity contribution in [3.05, 3.63) is 71.5 Å². The number of nitrogens with zero attached hydrogens (tertiary/aromatic N) is 1. The van der Waals surface area contributed by atoms with Gasteiger partial charge >= 0.3 is 12.3 Å². The van der Waals surface area contributed by atoms with Gasteiger partial charge in [0, 0.05) is 43.7 Å². The second-order valence-corrected chi connectivity index (χ2v) is 7.38. The number of halogens is 3. The molecule has 1 aromatic carbocycles. The van der Waals surface area contributed by atoms with E-state index in [-0.39, 0.29) is 0 Å². The minimum atomic E-state index is -4.31. The molecule has 1 N–H and O–H groups in total. The van der Waals surface area contributed by atoms with Gasteiger partial charge < -0.3 is 9.64 Å². The Kier molecular flexibility index (Phi) is 6.17. The lowest BCUT2D eigenvalue weighted by Crippen LogP contribution is -2.54. The number of rotatable bonds is 4. The van der Waals surface area contributed by atoms with Crippen molar-refractivity contribution in [2.24, 2.45) is 0 Å². The Morgan fingerprint density at radius 3 is 2.48 bits per heavy atom. The smallest absolute Gasteiger partial charge is 0.416 e. The van der Waals surface area contributed by atoms with Gasteiger partial charge in [-0.05, 0) is 31.0 Å². The minimum Gasteiger partial charge on any atom is -0.438 e.